The molecule has 1 saturated heterocycles. The molecule has 0 aliphatic carbocycles. The van der Waals surface area contributed by atoms with Gasteiger partial charge in [0.15, 0.2) is 0 Å². The highest BCUT2D eigenvalue weighted by Gasteiger charge is 2.35. The van der Waals surface area contributed by atoms with Crippen LogP contribution in [0.4, 0.5) is 0 Å². The lowest BCUT2D eigenvalue weighted by atomic mass is 9.95. The van der Waals surface area contributed by atoms with E-state index in [4.69, 9.17) is 22.1 Å². The van der Waals surface area contributed by atoms with Crippen molar-refractivity contribution >= 4 is 17.5 Å². The molecule has 1 aliphatic rings. The molecule has 2 N–H and O–H groups in total. The number of rotatable bonds is 3. The molecule has 2 atom stereocenters. The van der Waals surface area contributed by atoms with Gasteiger partial charge in [-0.25, -0.2) is 0 Å². The van der Waals surface area contributed by atoms with Gasteiger partial charge in [0.25, 0.3) is 5.91 Å². The summed E-state index contributed by atoms with van der Waals surface area (Å²) in [6.07, 6.45) is 0. The quantitative estimate of drug-likeness (QED) is 0.941. The molecule has 1 amide bonds. The molecular formula is C18H19ClN2O2. The molecule has 4 nitrogen and oxygen atoms in total. The summed E-state index contributed by atoms with van der Waals surface area (Å²) >= 11 is 6.03. The molecule has 2 aromatic carbocycles. The van der Waals surface area contributed by atoms with Gasteiger partial charge in [-0.05, 0) is 23.8 Å². The molecule has 3 rings (SSSR count). The molecule has 1 heterocycles. The molecule has 1 aliphatic heterocycles. The van der Waals surface area contributed by atoms with E-state index >= 15 is 0 Å². The number of halogens is 1. The van der Waals surface area contributed by atoms with E-state index in [9.17, 15) is 4.79 Å². The monoisotopic (exact) mass is 330 g/mol. The fraction of sp³-hybridized carbons (Fsp3) is 0.278. The lowest BCUT2D eigenvalue weighted by molar-refractivity contribution is 0.0786. The molecule has 0 saturated carbocycles. The maximum atomic E-state index is 12.8. The lowest BCUT2D eigenvalue weighted by Crippen LogP contribution is -2.32. The van der Waals surface area contributed by atoms with Gasteiger partial charge in [-0.3, -0.25) is 4.79 Å². The minimum absolute atomic E-state index is 0.0773. The van der Waals surface area contributed by atoms with Crippen molar-refractivity contribution < 1.29 is 9.53 Å². The molecule has 0 aromatic heterocycles. The largest absolute Gasteiger partial charge is 0.496 e. The van der Waals surface area contributed by atoms with E-state index in [1.54, 1.807) is 30.2 Å². The van der Waals surface area contributed by atoms with Gasteiger partial charge in [-0.1, -0.05) is 41.9 Å². The van der Waals surface area contributed by atoms with Crippen LogP contribution in [0.3, 0.4) is 0 Å². The van der Waals surface area contributed by atoms with Crippen molar-refractivity contribution in [3.8, 4) is 5.75 Å². The third-order valence-electron chi connectivity index (χ3n) is 4.27. The lowest BCUT2D eigenvalue weighted by Gasteiger charge is -2.18. The van der Waals surface area contributed by atoms with E-state index < -0.39 is 0 Å². The van der Waals surface area contributed by atoms with Crippen molar-refractivity contribution in [3.05, 3.63) is 64.7 Å². The Kier molecular flexibility index (Phi) is 4.55. The maximum absolute atomic E-state index is 12.8. The highest BCUT2D eigenvalue weighted by atomic mass is 35.5. The van der Waals surface area contributed by atoms with Gasteiger partial charge >= 0.3 is 0 Å². The van der Waals surface area contributed by atoms with E-state index in [1.807, 2.05) is 18.2 Å². The summed E-state index contributed by atoms with van der Waals surface area (Å²) in [4.78, 5) is 14.6. The Labute approximate surface area is 140 Å². The molecule has 0 bridgehead atoms. The summed E-state index contributed by atoms with van der Waals surface area (Å²) in [7, 11) is 1.54. The average Bonchev–Trinajstić information content (AvgIpc) is 2.97. The van der Waals surface area contributed by atoms with Crippen molar-refractivity contribution in [2.45, 2.75) is 12.0 Å². The molecule has 5 heteroatoms. The number of carbonyl (C=O) groups excluding carboxylic acids is 1. The number of hydrogen-bond acceptors (Lipinski definition) is 3. The van der Waals surface area contributed by atoms with Crippen LogP contribution in [0.25, 0.3) is 0 Å². The van der Waals surface area contributed by atoms with Gasteiger partial charge in [0.2, 0.25) is 0 Å². The van der Waals surface area contributed by atoms with Gasteiger partial charge < -0.3 is 15.4 Å². The van der Waals surface area contributed by atoms with E-state index in [2.05, 4.69) is 12.1 Å². The summed E-state index contributed by atoms with van der Waals surface area (Å²) in [6, 6.07) is 15.1. The minimum atomic E-state index is -0.0989. The second-order valence-electron chi connectivity index (χ2n) is 5.74. The van der Waals surface area contributed by atoms with Crippen LogP contribution in [0.1, 0.15) is 21.8 Å². The van der Waals surface area contributed by atoms with E-state index in [1.165, 1.54) is 0 Å². The number of amides is 1. The van der Waals surface area contributed by atoms with Gasteiger partial charge in [0, 0.05) is 30.1 Å². The van der Waals surface area contributed by atoms with E-state index in [0.29, 0.717) is 29.4 Å². The van der Waals surface area contributed by atoms with E-state index in [0.717, 1.165) is 5.56 Å². The van der Waals surface area contributed by atoms with Gasteiger partial charge in [-0.2, -0.15) is 0 Å². The van der Waals surface area contributed by atoms with Crippen LogP contribution in [0, 0.1) is 0 Å². The number of ether oxygens (including phenoxy) is 1. The summed E-state index contributed by atoms with van der Waals surface area (Å²) < 4.78 is 5.28. The molecule has 0 unspecified atom stereocenters. The van der Waals surface area contributed by atoms with Crippen molar-refractivity contribution in [1.29, 1.82) is 0 Å². The zero-order chi connectivity index (χ0) is 16.4. The summed E-state index contributed by atoms with van der Waals surface area (Å²) in [5.74, 6) is 0.569. The predicted octanol–water partition coefficient (Wildman–Crippen LogP) is 2.92. The Morgan fingerprint density at radius 2 is 1.96 bits per heavy atom. The number of benzene rings is 2. The van der Waals surface area contributed by atoms with Gasteiger partial charge in [0.1, 0.15) is 5.75 Å². The molecule has 2 aromatic rings. The smallest absolute Gasteiger partial charge is 0.257 e. The number of methoxy groups -OCH3 is 1. The second-order valence-corrected chi connectivity index (χ2v) is 6.17. The first-order valence-electron chi connectivity index (χ1n) is 7.53. The number of carbonyl (C=O) groups is 1. The molecule has 23 heavy (non-hydrogen) atoms. The second kappa shape index (κ2) is 6.60. The van der Waals surface area contributed by atoms with Crippen molar-refractivity contribution in [1.82, 2.24) is 4.90 Å². The van der Waals surface area contributed by atoms with Crippen LogP contribution in [0.2, 0.25) is 5.02 Å². The standard InChI is InChI=1S/C18H19ClN2O2/c1-23-17-8-7-13(19)9-14(17)18(22)21-10-15(16(20)11-21)12-5-3-2-4-6-12/h2-9,15-16H,10-11,20H2,1H3/t15-,16+/m0/s1. The molecule has 1 fully saturated rings. The average molecular weight is 331 g/mol. The Hall–Kier alpha value is -2.04. The number of hydrogen-bond donors (Lipinski definition) is 1. The van der Waals surface area contributed by atoms with Gasteiger partial charge in [0.05, 0.1) is 12.7 Å². The Morgan fingerprint density at radius 3 is 2.65 bits per heavy atom. The van der Waals surface area contributed by atoms with Crippen LogP contribution >= 0.6 is 11.6 Å². The Balaban J connectivity index is 1.83. The SMILES string of the molecule is COc1ccc(Cl)cc1C(=O)N1C[C@@H](N)[C@H](c2ccccc2)C1. The van der Waals surface area contributed by atoms with Crippen molar-refractivity contribution in [2.75, 3.05) is 20.2 Å². The van der Waals surface area contributed by atoms with Crippen LogP contribution in [-0.2, 0) is 0 Å². The maximum Gasteiger partial charge on any atom is 0.257 e. The zero-order valence-electron chi connectivity index (χ0n) is 12.9. The Bertz CT molecular complexity index is 705. The number of nitrogens with zero attached hydrogens (tertiary/aromatic N) is 1. The van der Waals surface area contributed by atoms with Crippen LogP contribution < -0.4 is 10.5 Å². The summed E-state index contributed by atoms with van der Waals surface area (Å²) in [6.45, 7) is 1.12. The first-order chi connectivity index (χ1) is 11.1. The highest BCUT2D eigenvalue weighted by molar-refractivity contribution is 6.31. The topological polar surface area (TPSA) is 55.6 Å². The van der Waals surface area contributed by atoms with Gasteiger partial charge in [-0.15, -0.1) is 0 Å². The normalized spacial score (nSPS) is 20.6. The summed E-state index contributed by atoms with van der Waals surface area (Å²) in [5.41, 5.74) is 7.90. The van der Waals surface area contributed by atoms with Crippen LogP contribution in [0.5, 0.6) is 5.75 Å². The minimum Gasteiger partial charge on any atom is -0.496 e. The van der Waals surface area contributed by atoms with Crippen LogP contribution in [-0.4, -0.2) is 37.0 Å². The third kappa shape index (κ3) is 3.19. The van der Waals surface area contributed by atoms with Crippen molar-refractivity contribution in [2.24, 2.45) is 5.73 Å². The predicted molar refractivity (Wildman–Crippen MR) is 91.1 cm³/mol. The fourth-order valence-corrected chi connectivity index (χ4v) is 3.24. The first kappa shape index (κ1) is 15.8. The van der Waals surface area contributed by atoms with E-state index in [-0.39, 0.29) is 17.9 Å². The Morgan fingerprint density at radius 1 is 1.22 bits per heavy atom. The number of nitrogens with two attached hydrogens (primary N) is 1. The fourth-order valence-electron chi connectivity index (χ4n) is 3.07. The molecular weight excluding hydrogens is 312 g/mol. The summed E-state index contributed by atoms with van der Waals surface area (Å²) in [5, 5.41) is 0.511. The van der Waals surface area contributed by atoms with Crippen LogP contribution in [0.15, 0.2) is 48.5 Å². The highest BCUT2D eigenvalue weighted by Crippen LogP contribution is 2.30. The molecule has 0 radical (unpaired) electrons. The molecule has 120 valence electrons. The third-order valence-corrected chi connectivity index (χ3v) is 4.51. The number of likely N-dealkylation sites (tertiary alicyclic amines) is 1. The molecule has 0 spiro atoms. The first-order valence-corrected chi connectivity index (χ1v) is 7.91. The zero-order valence-corrected chi connectivity index (χ0v) is 13.7. The van der Waals surface area contributed by atoms with Crippen molar-refractivity contribution in [3.63, 3.8) is 0 Å².